The molecule has 2 bridgehead atoms. The number of hydrogen-bond donors (Lipinski definition) is 0. The fraction of sp³-hybridized carbons (Fsp3) is 0.818. The quantitative estimate of drug-likeness (QED) is 0.569. The van der Waals surface area contributed by atoms with Gasteiger partial charge in [0, 0.05) is 5.41 Å². The van der Waals surface area contributed by atoms with Crippen molar-refractivity contribution < 1.29 is 4.79 Å². The minimum Gasteiger partial charge on any atom is -0.298 e. The molecule has 0 radical (unpaired) electrons. The summed E-state index contributed by atoms with van der Waals surface area (Å²) in [6.07, 6.45) is 2.02. The number of fused-ring (bicyclic) bond motifs is 2. The van der Waals surface area contributed by atoms with Crippen LogP contribution in [0.25, 0.3) is 0 Å². The zero-order valence-corrected chi connectivity index (χ0v) is 8.42. The lowest BCUT2D eigenvalue weighted by molar-refractivity contribution is -0.130. The van der Waals surface area contributed by atoms with E-state index < -0.39 is 0 Å². The van der Waals surface area contributed by atoms with Gasteiger partial charge >= 0.3 is 0 Å². The standard InChI is InChI=1S/C11H15NO/c1-10(2)8-4-5-11(10,3)9(13)7(8)6-12/h7-8H,4-5H2,1-3H3/t7-,8+,11+/m1/s1. The Balaban J connectivity index is 2.52. The van der Waals surface area contributed by atoms with Crippen LogP contribution in [-0.2, 0) is 4.79 Å². The maximum Gasteiger partial charge on any atom is 0.156 e. The van der Waals surface area contributed by atoms with E-state index in [9.17, 15) is 4.79 Å². The Morgan fingerprint density at radius 3 is 2.38 bits per heavy atom. The zero-order chi connectivity index (χ0) is 9.85. The number of hydrogen-bond acceptors (Lipinski definition) is 2. The first-order chi connectivity index (χ1) is 5.95. The molecule has 0 heterocycles. The molecule has 0 N–H and O–H groups in total. The van der Waals surface area contributed by atoms with Crippen LogP contribution in [-0.4, -0.2) is 5.78 Å². The summed E-state index contributed by atoms with van der Waals surface area (Å²) in [5.74, 6) is 0.167. The van der Waals surface area contributed by atoms with E-state index in [1.54, 1.807) is 0 Å². The van der Waals surface area contributed by atoms with Gasteiger partial charge in [0.2, 0.25) is 0 Å². The molecule has 2 aliphatic rings. The lowest BCUT2D eigenvalue weighted by Crippen LogP contribution is -2.33. The van der Waals surface area contributed by atoms with E-state index in [1.165, 1.54) is 0 Å². The van der Waals surface area contributed by atoms with E-state index in [2.05, 4.69) is 19.9 Å². The second kappa shape index (κ2) is 2.15. The van der Waals surface area contributed by atoms with Crippen molar-refractivity contribution in [3.8, 4) is 6.07 Å². The summed E-state index contributed by atoms with van der Waals surface area (Å²) in [5.41, 5.74) is -0.192. The molecule has 0 saturated heterocycles. The third kappa shape index (κ3) is 0.716. The molecule has 3 atom stereocenters. The van der Waals surface area contributed by atoms with Gasteiger partial charge in [-0.2, -0.15) is 5.26 Å². The number of nitrogens with zero attached hydrogens (tertiary/aromatic N) is 1. The zero-order valence-electron chi connectivity index (χ0n) is 8.42. The molecular weight excluding hydrogens is 162 g/mol. The first-order valence-electron chi connectivity index (χ1n) is 4.89. The van der Waals surface area contributed by atoms with E-state index in [4.69, 9.17) is 5.26 Å². The average Bonchev–Trinajstić information content (AvgIpc) is 2.36. The topological polar surface area (TPSA) is 40.9 Å². The summed E-state index contributed by atoms with van der Waals surface area (Å²) in [4.78, 5) is 11.9. The molecule has 0 amide bonds. The van der Waals surface area contributed by atoms with Crippen LogP contribution >= 0.6 is 0 Å². The van der Waals surface area contributed by atoms with E-state index in [1.807, 2.05) is 6.92 Å². The van der Waals surface area contributed by atoms with Gasteiger partial charge in [0.05, 0.1) is 6.07 Å². The minimum atomic E-state index is -0.325. The predicted octanol–water partition coefficient (Wildman–Crippen LogP) is 2.15. The highest BCUT2D eigenvalue weighted by Crippen LogP contribution is 2.65. The van der Waals surface area contributed by atoms with Crippen molar-refractivity contribution in [2.24, 2.45) is 22.7 Å². The van der Waals surface area contributed by atoms with Crippen LogP contribution in [0.5, 0.6) is 0 Å². The van der Waals surface area contributed by atoms with Gasteiger partial charge in [-0.3, -0.25) is 4.79 Å². The molecular formula is C11H15NO. The van der Waals surface area contributed by atoms with Gasteiger partial charge in [-0.05, 0) is 24.2 Å². The van der Waals surface area contributed by atoms with E-state index >= 15 is 0 Å². The Hall–Kier alpha value is -0.840. The number of Topliss-reactive ketones (excluding diaryl/α,β-unsaturated/α-hetero) is 1. The van der Waals surface area contributed by atoms with Crippen molar-refractivity contribution in [3.63, 3.8) is 0 Å². The van der Waals surface area contributed by atoms with Crippen LogP contribution in [0.15, 0.2) is 0 Å². The van der Waals surface area contributed by atoms with Gasteiger partial charge in [-0.15, -0.1) is 0 Å². The van der Waals surface area contributed by atoms with Gasteiger partial charge < -0.3 is 0 Å². The van der Waals surface area contributed by atoms with Crippen LogP contribution < -0.4 is 0 Å². The molecule has 2 fully saturated rings. The number of nitriles is 1. The minimum absolute atomic E-state index is 0.0322. The molecule has 0 aromatic carbocycles. The molecule has 0 unspecified atom stereocenters. The molecule has 2 aliphatic carbocycles. The van der Waals surface area contributed by atoms with E-state index in [0.29, 0.717) is 5.92 Å². The molecule has 2 rings (SSSR count). The normalized spacial score (nSPS) is 46.5. The summed E-state index contributed by atoms with van der Waals surface area (Å²) in [6.45, 7) is 6.31. The number of rotatable bonds is 0. The van der Waals surface area contributed by atoms with E-state index in [0.717, 1.165) is 12.8 Å². The Bertz CT molecular complexity index is 313. The molecule has 70 valence electrons. The van der Waals surface area contributed by atoms with Crippen molar-refractivity contribution in [3.05, 3.63) is 0 Å². The second-order valence-electron chi connectivity index (χ2n) is 5.17. The monoisotopic (exact) mass is 177 g/mol. The summed E-state index contributed by atoms with van der Waals surface area (Å²) in [7, 11) is 0. The highest BCUT2D eigenvalue weighted by atomic mass is 16.1. The van der Waals surface area contributed by atoms with Gasteiger partial charge in [0.15, 0.2) is 5.78 Å². The molecule has 13 heavy (non-hydrogen) atoms. The number of carbonyl (C=O) groups excluding carboxylic acids is 1. The van der Waals surface area contributed by atoms with Crippen molar-refractivity contribution in [2.45, 2.75) is 33.6 Å². The molecule has 2 nitrogen and oxygen atoms in total. The van der Waals surface area contributed by atoms with Gasteiger partial charge in [-0.25, -0.2) is 0 Å². The van der Waals surface area contributed by atoms with Crippen molar-refractivity contribution in [2.75, 3.05) is 0 Å². The maximum absolute atomic E-state index is 11.9. The Morgan fingerprint density at radius 2 is 2.08 bits per heavy atom. The van der Waals surface area contributed by atoms with Crippen LogP contribution in [0, 0.1) is 34.0 Å². The number of ketones is 1. The summed E-state index contributed by atoms with van der Waals surface area (Å²) in [6, 6.07) is 2.18. The van der Waals surface area contributed by atoms with Crippen molar-refractivity contribution >= 4 is 5.78 Å². The number of carbonyl (C=O) groups is 1. The summed E-state index contributed by atoms with van der Waals surface area (Å²) < 4.78 is 0. The van der Waals surface area contributed by atoms with E-state index in [-0.39, 0.29) is 22.5 Å². The molecule has 2 saturated carbocycles. The summed E-state index contributed by atoms with van der Waals surface area (Å²) >= 11 is 0. The Kier molecular flexibility index (Phi) is 1.44. The second-order valence-corrected chi connectivity index (χ2v) is 5.17. The lowest BCUT2D eigenvalue weighted by Gasteiger charge is -2.32. The molecule has 0 spiro atoms. The molecule has 2 heteroatoms. The van der Waals surface area contributed by atoms with Crippen LogP contribution in [0.2, 0.25) is 0 Å². The maximum atomic E-state index is 11.9. The van der Waals surface area contributed by atoms with Crippen LogP contribution in [0.1, 0.15) is 33.6 Å². The van der Waals surface area contributed by atoms with Crippen LogP contribution in [0.3, 0.4) is 0 Å². The first-order valence-corrected chi connectivity index (χ1v) is 4.89. The largest absolute Gasteiger partial charge is 0.298 e. The molecule has 0 aliphatic heterocycles. The van der Waals surface area contributed by atoms with Gasteiger partial charge in [0.1, 0.15) is 5.92 Å². The average molecular weight is 177 g/mol. The first kappa shape index (κ1) is 8.74. The summed E-state index contributed by atoms with van der Waals surface area (Å²) in [5, 5.41) is 8.93. The van der Waals surface area contributed by atoms with Crippen molar-refractivity contribution in [1.82, 2.24) is 0 Å². The smallest absolute Gasteiger partial charge is 0.156 e. The lowest BCUT2D eigenvalue weighted by atomic mass is 9.70. The molecule has 0 aromatic rings. The Morgan fingerprint density at radius 1 is 1.46 bits per heavy atom. The SMILES string of the molecule is CC1(C)[C@H]2CC[C@@]1(C)C(=O)[C@@H]2C#N. The predicted molar refractivity (Wildman–Crippen MR) is 48.7 cm³/mol. The Labute approximate surface area is 78.9 Å². The third-order valence-electron chi connectivity index (χ3n) is 4.67. The third-order valence-corrected chi connectivity index (χ3v) is 4.67. The highest BCUT2D eigenvalue weighted by molar-refractivity contribution is 5.93. The van der Waals surface area contributed by atoms with Crippen LogP contribution in [0.4, 0.5) is 0 Å². The van der Waals surface area contributed by atoms with Gasteiger partial charge in [-0.1, -0.05) is 20.8 Å². The highest BCUT2D eigenvalue weighted by Gasteiger charge is 2.66. The molecule has 0 aromatic heterocycles. The van der Waals surface area contributed by atoms with Gasteiger partial charge in [0.25, 0.3) is 0 Å². The fourth-order valence-corrected chi connectivity index (χ4v) is 3.23. The fourth-order valence-electron chi connectivity index (χ4n) is 3.23. The van der Waals surface area contributed by atoms with Crippen molar-refractivity contribution in [1.29, 1.82) is 5.26 Å².